The van der Waals surface area contributed by atoms with Crippen molar-refractivity contribution in [3.8, 4) is 0 Å². The maximum atomic E-state index is 13.2. The molecule has 1 amide bonds. The molecular formula is C29H30FN5O6. The van der Waals surface area contributed by atoms with Crippen LogP contribution < -0.4 is 11.1 Å². The Hall–Kier alpha value is -4.23. The van der Waals surface area contributed by atoms with E-state index in [1.54, 1.807) is 55.5 Å². The Morgan fingerprint density at radius 2 is 1.88 bits per heavy atom. The van der Waals surface area contributed by atoms with Crippen molar-refractivity contribution in [3.05, 3.63) is 95.7 Å². The molecule has 5 N–H and O–H groups in total. The first-order valence-corrected chi connectivity index (χ1v) is 13.0. The number of nitrogens with two attached hydrogens (primary N) is 1. The maximum absolute atomic E-state index is 13.2. The summed E-state index contributed by atoms with van der Waals surface area (Å²) in [5, 5.41) is 28.3. The minimum Gasteiger partial charge on any atom is -0.456 e. The number of nitrogens with one attached hydrogen (secondary N) is 1. The number of aliphatic hydroxyl groups is 2. The zero-order valence-corrected chi connectivity index (χ0v) is 22.2. The number of rotatable bonds is 9. The molecule has 0 unspecified atom stereocenters. The van der Waals surface area contributed by atoms with E-state index in [0.29, 0.717) is 16.8 Å². The largest absolute Gasteiger partial charge is 0.456 e. The Bertz CT molecular complexity index is 1530. The van der Waals surface area contributed by atoms with Crippen molar-refractivity contribution in [2.45, 2.75) is 49.7 Å². The van der Waals surface area contributed by atoms with Crippen molar-refractivity contribution in [1.29, 1.82) is 0 Å². The van der Waals surface area contributed by atoms with E-state index in [1.807, 2.05) is 6.07 Å². The third-order valence-corrected chi connectivity index (χ3v) is 7.18. The van der Waals surface area contributed by atoms with Gasteiger partial charge in [-0.1, -0.05) is 42.5 Å². The highest BCUT2D eigenvalue weighted by molar-refractivity contribution is 5.97. The zero-order valence-electron chi connectivity index (χ0n) is 22.2. The van der Waals surface area contributed by atoms with Crippen LogP contribution in [-0.2, 0) is 37.5 Å². The summed E-state index contributed by atoms with van der Waals surface area (Å²) in [7, 11) is 0. The predicted molar refractivity (Wildman–Crippen MR) is 145 cm³/mol. The summed E-state index contributed by atoms with van der Waals surface area (Å²) < 4.78 is 26.3. The smallest absolute Gasteiger partial charge is 0.310 e. The van der Waals surface area contributed by atoms with Gasteiger partial charge < -0.3 is 30.7 Å². The van der Waals surface area contributed by atoms with Crippen molar-refractivity contribution in [2.24, 2.45) is 5.73 Å². The Morgan fingerprint density at radius 3 is 2.59 bits per heavy atom. The number of fused-ring (bicyclic) bond motifs is 1. The number of carbonyl (C=O) groups excluding carboxylic acids is 2. The number of ether oxygens (including phenoxy) is 2. The maximum Gasteiger partial charge on any atom is 0.310 e. The van der Waals surface area contributed by atoms with Gasteiger partial charge in [-0.2, -0.15) is 5.10 Å². The fraction of sp³-hybridized carbons (Fsp3) is 0.310. The average Bonchev–Trinajstić information content (AvgIpc) is 3.51. The van der Waals surface area contributed by atoms with Gasteiger partial charge >= 0.3 is 5.97 Å². The second-order valence-electron chi connectivity index (χ2n) is 10.1. The monoisotopic (exact) mass is 563 g/mol. The van der Waals surface area contributed by atoms with Gasteiger partial charge in [0.25, 0.3) is 0 Å². The standard InChI is InChI=1S/C29H30FN5O6/c1-29(26(38)25(22(15-36)41-29)40-24(37)14-17-5-3-2-4-6-17)23-12-11-21-27(32-16-33-35(21)23)34-28(39)20(31)13-18-7-9-19(30)10-8-18/h2-12,16,20,22,25-26,36,38H,13-15,31H2,1H3,(H,32,33,34,39)/t20-,22+,25+,26+,29-/m0/s1. The van der Waals surface area contributed by atoms with Crippen LogP contribution in [0.3, 0.4) is 0 Å². The molecule has 2 aromatic carbocycles. The van der Waals surface area contributed by atoms with E-state index >= 15 is 0 Å². The molecule has 0 spiro atoms. The number of hydrogen-bond donors (Lipinski definition) is 4. The lowest BCUT2D eigenvalue weighted by Crippen LogP contribution is -2.42. The summed E-state index contributed by atoms with van der Waals surface area (Å²) in [5.74, 6) is -1.29. The molecule has 1 aliphatic heterocycles. The molecule has 1 saturated heterocycles. The highest BCUT2D eigenvalue weighted by atomic mass is 19.1. The van der Waals surface area contributed by atoms with Gasteiger partial charge in [-0.05, 0) is 48.7 Å². The molecule has 2 aromatic heterocycles. The number of hydrogen-bond acceptors (Lipinski definition) is 9. The number of aromatic nitrogens is 3. The van der Waals surface area contributed by atoms with Crippen LogP contribution in [0.2, 0.25) is 0 Å². The molecule has 1 fully saturated rings. The zero-order chi connectivity index (χ0) is 29.1. The topological polar surface area (TPSA) is 161 Å². The van der Waals surface area contributed by atoms with E-state index in [-0.39, 0.29) is 24.5 Å². The Kier molecular flexibility index (Phi) is 8.08. The number of carbonyl (C=O) groups is 2. The molecule has 5 rings (SSSR count). The lowest BCUT2D eigenvalue weighted by Gasteiger charge is -2.27. The SMILES string of the molecule is C[C@@]1(c2ccc3c(NC(=O)[C@@H](N)Cc4ccc(F)cc4)ncnn23)O[C@H](CO)[C@@H](OC(=O)Cc2ccccc2)[C@H]1O. The van der Waals surface area contributed by atoms with E-state index in [2.05, 4.69) is 15.4 Å². The number of nitrogens with zero attached hydrogens (tertiary/aromatic N) is 3. The average molecular weight is 564 g/mol. The van der Waals surface area contributed by atoms with Gasteiger partial charge in [0.15, 0.2) is 11.9 Å². The predicted octanol–water partition coefficient (Wildman–Crippen LogP) is 1.50. The number of benzene rings is 2. The number of halogens is 1. The lowest BCUT2D eigenvalue weighted by molar-refractivity contribution is -0.155. The Labute approximate surface area is 234 Å². The van der Waals surface area contributed by atoms with Crippen molar-refractivity contribution in [3.63, 3.8) is 0 Å². The van der Waals surface area contributed by atoms with E-state index in [9.17, 15) is 24.2 Å². The van der Waals surface area contributed by atoms with Gasteiger partial charge in [0.1, 0.15) is 35.5 Å². The fourth-order valence-electron chi connectivity index (χ4n) is 5.00. The van der Waals surface area contributed by atoms with Crippen LogP contribution in [0.4, 0.5) is 10.2 Å². The Morgan fingerprint density at radius 1 is 1.15 bits per heavy atom. The van der Waals surface area contributed by atoms with E-state index in [4.69, 9.17) is 15.2 Å². The molecule has 0 bridgehead atoms. The van der Waals surface area contributed by atoms with E-state index in [1.165, 1.54) is 23.0 Å². The molecule has 5 atom stereocenters. The van der Waals surface area contributed by atoms with Crippen molar-refractivity contribution >= 4 is 23.2 Å². The molecule has 12 heteroatoms. The summed E-state index contributed by atoms with van der Waals surface area (Å²) in [6.45, 7) is 1.10. The van der Waals surface area contributed by atoms with Crippen LogP contribution in [0, 0.1) is 5.82 Å². The molecule has 1 aliphatic rings. The second-order valence-corrected chi connectivity index (χ2v) is 10.1. The van der Waals surface area contributed by atoms with Crippen LogP contribution >= 0.6 is 0 Å². The Balaban J connectivity index is 1.34. The number of anilines is 1. The van der Waals surface area contributed by atoms with Gasteiger partial charge in [0.2, 0.25) is 5.91 Å². The molecule has 0 saturated carbocycles. The third kappa shape index (κ3) is 5.81. The molecule has 4 aromatic rings. The normalized spacial score (nSPS) is 22.9. The quantitative estimate of drug-likeness (QED) is 0.221. The minimum absolute atomic E-state index is 0.00738. The molecule has 3 heterocycles. The van der Waals surface area contributed by atoms with Crippen molar-refractivity contribution in [2.75, 3.05) is 11.9 Å². The van der Waals surface area contributed by atoms with Crippen molar-refractivity contribution in [1.82, 2.24) is 14.6 Å². The summed E-state index contributed by atoms with van der Waals surface area (Å²) in [4.78, 5) is 29.7. The van der Waals surface area contributed by atoms with Gasteiger partial charge in [0.05, 0.1) is 24.8 Å². The number of amides is 1. The van der Waals surface area contributed by atoms with Crippen LogP contribution in [0.1, 0.15) is 23.7 Å². The summed E-state index contributed by atoms with van der Waals surface area (Å²) in [6.07, 6.45) is -2.09. The van der Waals surface area contributed by atoms with Gasteiger partial charge in [-0.3, -0.25) is 9.59 Å². The first-order chi connectivity index (χ1) is 19.7. The number of aliphatic hydroxyl groups excluding tert-OH is 2. The molecule has 41 heavy (non-hydrogen) atoms. The highest BCUT2D eigenvalue weighted by Gasteiger charge is 2.55. The highest BCUT2D eigenvalue weighted by Crippen LogP contribution is 2.41. The van der Waals surface area contributed by atoms with Crippen molar-refractivity contribution < 1.29 is 33.7 Å². The minimum atomic E-state index is -1.44. The second kappa shape index (κ2) is 11.7. The van der Waals surface area contributed by atoms with Gasteiger partial charge in [-0.25, -0.2) is 13.9 Å². The van der Waals surface area contributed by atoms with Crippen LogP contribution in [0.15, 0.2) is 73.1 Å². The summed E-state index contributed by atoms with van der Waals surface area (Å²) in [5.41, 5.74) is 6.87. The van der Waals surface area contributed by atoms with Gasteiger partial charge in [0, 0.05) is 0 Å². The molecule has 0 radical (unpaired) electrons. The molecule has 214 valence electrons. The summed E-state index contributed by atoms with van der Waals surface area (Å²) in [6, 6.07) is 17.1. The number of esters is 1. The first kappa shape index (κ1) is 28.3. The molecule has 11 nitrogen and oxygen atoms in total. The van der Waals surface area contributed by atoms with Crippen LogP contribution in [-0.4, -0.2) is 67.6 Å². The van der Waals surface area contributed by atoms with Crippen LogP contribution in [0.5, 0.6) is 0 Å². The van der Waals surface area contributed by atoms with E-state index in [0.717, 1.165) is 5.56 Å². The third-order valence-electron chi connectivity index (χ3n) is 7.18. The molecular weight excluding hydrogens is 533 g/mol. The van der Waals surface area contributed by atoms with Gasteiger partial charge in [-0.15, -0.1) is 0 Å². The lowest BCUT2D eigenvalue weighted by atomic mass is 9.93. The first-order valence-electron chi connectivity index (χ1n) is 13.0. The van der Waals surface area contributed by atoms with E-state index < -0.39 is 48.4 Å². The molecule has 0 aliphatic carbocycles. The summed E-state index contributed by atoms with van der Waals surface area (Å²) >= 11 is 0. The fourth-order valence-corrected chi connectivity index (χ4v) is 5.00. The van der Waals surface area contributed by atoms with Crippen LogP contribution in [0.25, 0.3) is 5.52 Å².